The molecule has 4 aromatic rings. The first-order valence-electron chi connectivity index (χ1n) is 7.84. The minimum Gasteiger partial charge on any atom is -0.423 e. The van der Waals surface area contributed by atoms with Crippen LogP contribution in [0, 0.1) is 6.92 Å². The molecule has 2 heterocycles. The van der Waals surface area contributed by atoms with Crippen LogP contribution in [0.5, 0.6) is 0 Å². The largest absolute Gasteiger partial charge is 0.423 e. The van der Waals surface area contributed by atoms with Crippen molar-refractivity contribution in [2.45, 2.75) is 17.9 Å². The van der Waals surface area contributed by atoms with Crippen molar-refractivity contribution in [2.24, 2.45) is 0 Å². The van der Waals surface area contributed by atoms with Crippen LogP contribution in [0.15, 0.2) is 67.4 Å². The summed E-state index contributed by atoms with van der Waals surface area (Å²) in [6.45, 7) is 1.96. The Bertz CT molecular complexity index is 1140. The lowest BCUT2D eigenvalue weighted by molar-refractivity contribution is 0.466. The molecule has 0 atom stereocenters. The lowest BCUT2D eigenvalue weighted by Gasteiger charge is -2.04. The van der Waals surface area contributed by atoms with Crippen molar-refractivity contribution in [3.05, 3.63) is 75.1 Å². The van der Waals surface area contributed by atoms with Gasteiger partial charge in [-0.25, -0.2) is 4.79 Å². The highest BCUT2D eigenvalue weighted by atomic mass is 35.5. The number of benzene rings is 2. The van der Waals surface area contributed by atoms with Crippen LogP contribution in [0.25, 0.3) is 22.4 Å². The zero-order chi connectivity index (χ0) is 18.1. The molecule has 0 aliphatic carbocycles. The maximum absolute atomic E-state index is 11.8. The second-order valence-corrected chi connectivity index (χ2v) is 7.12. The predicted octanol–water partition coefficient (Wildman–Crippen LogP) is 5.10. The highest BCUT2D eigenvalue weighted by Crippen LogP contribution is 2.28. The SMILES string of the molecule is Cc1ccc2c(CSc3nnc(-c4ccc(Cl)cc4)o3)cc(=O)oc2c1. The Morgan fingerprint density at radius 3 is 2.65 bits per heavy atom. The van der Waals surface area contributed by atoms with Crippen molar-refractivity contribution >= 4 is 34.3 Å². The second kappa shape index (κ2) is 6.97. The maximum atomic E-state index is 11.8. The van der Waals surface area contributed by atoms with Crippen LogP contribution in [-0.4, -0.2) is 10.2 Å². The quantitative estimate of drug-likeness (QED) is 0.360. The molecule has 2 aromatic carbocycles. The number of thioether (sulfide) groups is 1. The average Bonchev–Trinajstić information content (AvgIpc) is 3.08. The average molecular weight is 385 g/mol. The van der Waals surface area contributed by atoms with Crippen molar-refractivity contribution in [1.29, 1.82) is 0 Å². The summed E-state index contributed by atoms with van der Waals surface area (Å²) in [6, 6.07) is 14.5. The van der Waals surface area contributed by atoms with Crippen molar-refractivity contribution in [2.75, 3.05) is 0 Å². The molecule has 2 aromatic heterocycles. The van der Waals surface area contributed by atoms with Crippen molar-refractivity contribution in [1.82, 2.24) is 10.2 Å². The first-order chi connectivity index (χ1) is 12.6. The van der Waals surface area contributed by atoms with E-state index in [1.807, 2.05) is 37.3 Å². The fourth-order valence-corrected chi connectivity index (χ4v) is 3.45. The van der Waals surface area contributed by atoms with Gasteiger partial charge in [-0.1, -0.05) is 35.5 Å². The Morgan fingerprint density at radius 1 is 1.04 bits per heavy atom. The van der Waals surface area contributed by atoms with Gasteiger partial charge < -0.3 is 8.83 Å². The fraction of sp³-hybridized carbons (Fsp3) is 0.105. The first-order valence-corrected chi connectivity index (χ1v) is 9.20. The normalized spacial score (nSPS) is 11.2. The molecule has 0 fully saturated rings. The Kier molecular flexibility index (Phi) is 4.53. The molecule has 0 saturated heterocycles. The van der Waals surface area contributed by atoms with Gasteiger partial charge in [-0.3, -0.25) is 0 Å². The lowest BCUT2D eigenvalue weighted by atomic mass is 10.1. The van der Waals surface area contributed by atoms with Gasteiger partial charge in [0.05, 0.1) is 0 Å². The molecule has 0 unspecified atom stereocenters. The van der Waals surface area contributed by atoms with E-state index in [1.165, 1.54) is 17.8 Å². The molecule has 0 N–H and O–H groups in total. The molecule has 0 radical (unpaired) electrons. The summed E-state index contributed by atoms with van der Waals surface area (Å²) < 4.78 is 11.0. The van der Waals surface area contributed by atoms with E-state index in [-0.39, 0.29) is 5.63 Å². The number of aryl methyl sites for hydroxylation is 1. The molecule has 0 amide bonds. The minimum atomic E-state index is -0.369. The topological polar surface area (TPSA) is 69.1 Å². The van der Waals surface area contributed by atoms with E-state index < -0.39 is 0 Å². The molecule has 26 heavy (non-hydrogen) atoms. The third kappa shape index (κ3) is 3.52. The van der Waals surface area contributed by atoms with Crippen LogP contribution in [0.3, 0.4) is 0 Å². The first kappa shape index (κ1) is 16.9. The van der Waals surface area contributed by atoms with E-state index in [0.29, 0.717) is 27.5 Å². The number of hydrogen-bond donors (Lipinski definition) is 0. The summed E-state index contributed by atoms with van der Waals surface area (Å²) in [5.41, 5.74) is 2.92. The summed E-state index contributed by atoms with van der Waals surface area (Å²) in [5, 5.41) is 10.1. The maximum Gasteiger partial charge on any atom is 0.336 e. The van der Waals surface area contributed by atoms with Crippen LogP contribution < -0.4 is 5.63 Å². The lowest BCUT2D eigenvalue weighted by Crippen LogP contribution is -2.00. The van der Waals surface area contributed by atoms with Crippen molar-refractivity contribution < 1.29 is 8.83 Å². The van der Waals surface area contributed by atoms with Gasteiger partial charge in [0, 0.05) is 27.8 Å². The Balaban J connectivity index is 1.57. The summed E-state index contributed by atoms with van der Waals surface area (Å²) in [4.78, 5) is 11.8. The highest BCUT2D eigenvalue weighted by molar-refractivity contribution is 7.98. The highest BCUT2D eigenvalue weighted by Gasteiger charge is 2.11. The molecule has 5 nitrogen and oxygen atoms in total. The summed E-state index contributed by atoms with van der Waals surface area (Å²) >= 11 is 7.26. The fourth-order valence-electron chi connectivity index (χ4n) is 2.57. The Hall–Kier alpha value is -2.57. The smallest absolute Gasteiger partial charge is 0.336 e. The van der Waals surface area contributed by atoms with E-state index in [1.54, 1.807) is 12.1 Å². The van der Waals surface area contributed by atoms with E-state index >= 15 is 0 Å². The van der Waals surface area contributed by atoms with Crippen molar-refractivity contribution in [3.8, 4) is 11.5 Å². The number of nitrogens with zero attached hydrogens (tertiary/aromatic N) is 2. The molecule has 0 bridgehead atoms. The van der Waals surface area contributed by atoms with Crippen LogP contribution in [0.4, 0.5) is 0 Å². The minimum absolute atomic E-state index is 0.369. The summed E-state index contributed by atoms with van der Waals surface area (Å²) in [6.07, 6.45) is 0. The van der Waals surface area contributed by atoms with Gasteiger partial charge in [-0.05, 0) is 48.4 Å². The van der Waals surface area contributed by atoms with Gasteiger partial charge in [0.2, 0.25) is 5.89 Å². The van der Waals surface area contributed by atoms with Gasteiger partial charge >= 0.3 is 5.63 Å². The number of hydrogen-bond acceptors (Lipinski definition) is 6. The molecule has 0 aliphatic heterocycles. The monoisotopic (exact) mass is 384 g/mol. The molecular formula is C19H13ClN2O3S. The van der Waals surface area contributed by atoms with Crippen LogP contribution in [-0.2, 0) is 5.75 Å². The zero-order valence-electron chi connectivity index (χ0n) is 13.7. The van der Waals surface area contributed by atoms with Gasteiger partial charge in [0.1, 0.15) is 5.58 Å². The predicted molar refractivity (Wildman–Crippen MR) is 102 cm³/mol. The molecule has 7 heteroatoms. The van der Waals surface area contributed by atoms with E-state index in [2.05, 4.69) is 10.2 Å². The molecule has 0 aliphatic rings. The van der Waals surface area contributed by atoms with E-state index in [0.717, 1.165) is 22.1 Å². The number of halogens is 1. The van der Waals surface area contributed by atoms with Gasteiger partial charge in [0.15, 0.2) is 0 Å². The van der Waals surface area contributed by atoms with Gasteiger partial charge in [-0.15, -0.1) is 10.2 Å². The zero-order valence-corrected chi connectivity index (χ0v) is 15.3. The standard InChI is InChI=1S/C19H13ClN2O3S/c1-11-2-7-15-13(9-17(23)24-16(15)8-11)10-26-19-22-21-18(25-19)12-3-5-14(20)6-4-12/h2-9H,10H2,1H3. The molecular weight excluding hydrogens is 372 g/mol. The molecule has 0 spiro atoms. The Labute approximate surface area is 158 Å². The van der Waals surface area contributed by atoms with Crippen LogP contribution >= 0.6 is 23.4 Å². The molecule has 4 rings (SSSR count). The summed E-state index contributed by atoms with van der Waals surface area (Å²) in [5.74, 6) is 0.949. The van der Waals surface area contributed by atoms with E-state index in [4.69, 9.17) is 20.4 Å². The van der Waals surface area contributed by atoms with Crippen LogP contribution in [0.1, 0.15) is 11.1 Å². The number of aromatic nitrogens is 2. The second-order valence-electron chi connectivity index (χ2n) is 5.76. The van der Waals surface area contributed by atoms with Crippen LogP contribution in [0.2, 0.25) is 5.02 Å². The number of fused-ring (bicyclic) bond motifs is 1. The summed E-state index contributed by atoms with van der Waals surface area (Å²) in [7, 11) is 0. The third-order valence-electron chi connectivity index (χ3n) is 3.83. The molecule has 0 saturated carbocycles. The van der Waals surface area contributed by atoms with Crippen molar-refractivity contribution in [3.63, 3.8) is 0 Å². The third-order valence-corrected chi connectivity index (χ3v) is 4.95. The van der Waals surface area contributed by atoms with Gasteiger partial charge in [0.25, 0.3) is 5.22 Å². The molecule has 130 valence electrons. The Morgan fingerprint density at radius 2 is 1.85 bits per heavy atom. The number of rotatable bonds is 4. The van der Waals surface area contributed by atoms with E-state index in [9.17, 15) is 4.79 Å². The van der Waals surface area contributed by atoms with Gasteiger partial charge in [-0.2, -0.15) is 0 Å².